The number of hydrogen-bond acceptors (Lipinski definition) is 6. The molecule has 24 heavy (non-hydrogen) atoms. The van der Waals surface area contributed by atoms with Gasteiger partial charge in [0.25, 0.3) is 0 Å². The van der Waals surface area contributed by atoms with Gasteiger partial charge in [0.05, 0.1) is 19.3 Å². The molecule has 2 aromatic rings. The van der Waals surface area contributed by atoms with E-state index in [1.807, 2.05) is 24.3 Å². The van der Waals surface area contributed by atoms with Gasteiger partial charge >= 0.3 is 0 Å². The van der Waals surface area contributed by atoms with Gasteiger partial charge in [-0.1, -0.05) is 31.1 Å². The van der Waals surface area contributed by atoms with Crippen LogP contribution in [0.1, 0.15) is 62.0 Å². The topological polar surface area (TPSA) is 80.4 Å². The third-order valence-corrected chi connectivity index (χ3v) is 4.34. The highest BCUT2D eigenvalue weighted by Gasteiger charge is 2.31. The van der Waals surface area contributed by atoms with Crippen molar-refractivity contribution < 1.29 is 14.4 Å². The largest absolute Gasteiger partial charge is 0.497 e. The molecule has 1 saturated carbocycles. The maximum atomic E-state index is 10.4. The number of aliphatic hydroxyl groups excluding tert-OH is 1. The van der Waals surface area contributed by atoms with Crippen molar-refractivity contribution in [3.63, 3.8) is 0 Å². The molecule has 2 N–H and O–H groups in total. The zero-order chi connectivity index (χ0) is 17.1. The van der Waals surface area contributed by atoms with E-state index >= 15 is 0 Å². The van der Waals surface area contributed by atoms with Crippen LogP contribution in [0.3, 0.4) is 0 Å². The molecule has 130 valence electrons. The Morgan fingerprint density at radius 1 is 1.38 bits per heavy atom. The first-order chi connectivity index (χ1) is 11.6. The van der Waals surface area contributed by atoms with E-state index < -0.39 is 6.10 Å². The van der Waals surface area contributed by atoms with Gasteiger partial charge in [-0.2, -0.15) is 4.98 Å². The van der Waals surface area contributed by atoms with Gasteiger partial charge < -0.3 is 19.7 Å². The molecule has 2 unspecified atom stereocenters. The molecule has 1 fully saturated rings. The zero-order valence-electron chi connectivity index (χ0n) is 14.4. The highest BCUT2D eigenvalue weighted by molar-refractivity contribution is 5.29. The van der Waals surface area contributed by atoms with Crippen LogP contribution in [-0.4, -0.2) is 28.9 Å². The van der Waals surface area contributed by atoms with Crippen molar-refractivity contribution in [2.45, 2.75) is 44.8 Å². The standard InChI is InChI=1S/C18H25N3O3/c1-11(2)16(18-20-17(21-24-18)12-7-8-12)19-10-15(22)13-5-4-6-14(9-13)23-3/h4-6,9,11-12,15-16,19,22H,7-8,10H2,1-3H3. The molecule has 0 spiro atoms. The summed E-state index contributed by atoms with van der Waals surface area (Å²) in [5.74, 6) is 2.89. The first kappa shape index (κ1) is 16.9. The summed E-state index contributed by atoms with van der Waals surface area (Å²) < 4.78 is 10.6. The quantitative estimate of drug-likeness (QED) is 0.774. The average Bonchev–Trinajstić information content (AvgIpc) is 3.33. The molecule has 0 radical (unpaired) electrons. The summed E-state index contributed by atoms with van der Waals surface area (Å²) in [6.45, 7) is 4.59. The van der Waals surface area contributed by atoms with Crippen molar-refractivity contribution in [1.29, 1.82) is 0 Å². The number of benzene rings is 1. The molecule has 1 aromatic carbocycles. The van der Waals surface area contributed by atoms with E-state index in [0.29, 0.717) is 18.4 Å². The minimum Gasteiger partial charge on any atom is -0.497 e. The summed E-state index contributed by atoms with van der Waals surface area (Å²) in [6.07, 6.45) is 1.66. The van der Waals surface area contributed by atoms with Crippen molar-refractivity contribution in [2.75, 3.05) is 13.7 Å². The number of ether oxygens (including phenoxy) is 1. The van der Waals surface area contributed by atoms with E-state index in [4.69, 9.17) is 9.26 Å². The minimum atomic E-state index is -0.632. The molecule has 1 aliphatic rings. The van der Waals surface area contributed by atoms with E-state index in [0.717, 1.165) is 30.0 Å². The van der Waals surface area contributed by atoms with Gasteiger partial charge in [-0.25, -0.2) is 0 Å². The normalized spacial score (nSPS) is 17.0. The van der Waals surface area contributed by atoms with E-state index in [9.17, 15) is 5.11 Å². The van der Waals surface area contributed by atoms with E-state index in [-0.39, 0.29) is 12.0 Å². The summed E-state index contributed by atoms with van der Waals surface area (Å²) in [7, 11) is 1.62. The van der Waals surface area contributed by atoms with Crippen LogP contribution in [0, 0.1) is 5.92 Å². The van der Waals surface area contributed by atoms with E-state index in [2.05, 4.69) is 29.3 Å². The van der Waals surface area contributed by atoms with Gasteiger partial charge in [0, 0.05) is 12.5 Å². The van der Waals surface area contributed by atoms with Crippen LogP contribution in [0.5, 0.6) is 5.75 Å². The van der Waals surface area contributed by atoms with E-state index in [1.165, 1.54) is 0 Å². The van der Waals surface area contributed by atoms with Gasteiger partial charge in [0.15, 0.2) is 5.82 Å². The molecule has 6 nitrogen and oxygen atoms in total. The minimum absolute atomic E-state index is 0.0785. The Balaban J connectivity index is 1.64. The highest BCUT2D eigenvalue weighted by Crippen LogP contribution is 2.38. The summed E-state index contributed by atoms with van der Waals surface area (Å²) in [6, 6.07) is 7.38. The van der Waals surface area contributed by atoms with Crippen LogP contribution in [0.25, 0.3) is 0 Å². The lowest BCUT2D eigenvalue weighted by Crippen LogP contribution is -2.30. The second-order valence-corrected chi connectivity index (χ2v) is 6.69. The molecule has 0 amide bonds. The molecule has 0 saturated heterocycles. The Morgan fingerprint density at radius 3 is 2.83 bits per heavy atom. The molecular weight excluding hydrogens is 306 g/mol. The third-order valence-electron chi connectivity index (χ3n) is 4.34. The molecule has 3 rings (SSSR count). The molecule has 1 aromatic heterocycles. The van der Waals surface area contributed by atoms with Crippen LogP contribution in [0.2, 0.25) is 0 Å². The Labute approximate surface area is 142 Å². The van der Waals surface area contributed by atoms with E-state index in [1.54, 1.807) is 7.11 Å². The molecule has 1 aliphatic carbocycles. The lowest BCUT2D eigenvalue weighted by molar-refractivity contribution is 0.160. The fourth-order valence-corrected chi connectivity index (χ4v) is 2.69. The summed E-state index contributed by atoms with van der Waals surface area (Å²) in [4.78, 5) is 4.53. The number of hydrogen-bond donors (Lipinski definition) is 2. The monoisotopic (exact) mass is 331 g/mol. The smallest absolute Gasteiger partial charge is 0.244 e. The third kappa shape index (κ3) is 3.94. The Hall–Kier alpha value is -1.92. The highest BCUT2D eigenvalue weighted by atomic mass is 16.5. The molecule has 1 heterocycles. The van der Waals surface area contributed by atoms with Gasteiger partial charge in [0.2, 0.25) is 5.89 Å². The maximum Gasteiger partial charge on any atom is 0.244 e. The van der Waals surface area contributed by atoms with Gasteiger partial charge in [-0.15, -0.1) is 0 Å². The second kappa shape index (κ2) is 7.32. The van der Waals surface area contributed by atoms with Crippen LogP contribution < -0.4 is 10.1 Å². The molecule has 0 aliphatic heterocycles. The predicted molar refractivity (Wildman–Crippen MR) is 89.8 cm³/mol. The summed E-state index contributed by atoms with van der Waals surface area (Å²) in [5.41, 5.74) is 0.813. The summed E-state index contributed by atoms with van der Waals surface area (Å²) in [5, 5.41) is 17.9. The van der Waals surface area contributed by atoms with Crippen molar-refractivity contribution >= 4 is 0 Å². The van der Waals surface area contributed by atoms with Crippen molar-refractivity contribution in [3.8, 4) is 5.75 Å². The number of aliphatic hydroxyl groups is 1. The van der Waals surface area contributed by atoms with Crippen molar-refractivity contribution in [1.82, 2.24) is 15.5 Å². The fraction of sp³-hybridized carbons (Fsp3) is 0.556. The lowest BCUT2D eigenvalue weighted by Gasteiger charge is -2.21. The SMILES string of the molecule is COc1cccc(C(O)CNC(c2nc(C3CC3)no2)C(C)C)c1. The summed E-state index contributed by atoms with van der Waals surface area (Å²) >= 11 is 0. The predicted octanol–water partition coefficient (Wildman–Crippen LogP) is 2.98. The number of aromatic nitrogens is 2. The van der Waals surface area contributed by atoms with Crippen molar-refractivity contribution in [3.05, 3.63) is 41.5 Å². The lowest BCUT2D eigenvalue weighted by atomic mass is 10.0. The molecule has 6 heteroatoms. The van der Waals surface area contributed by atoms with Crippen LogP contribution in [0.15, 0.2) is 28.8 Å². The van der Waals surface area contributed by atoms with Gasteiger partial charge in [-0.05, 0) is 36.5 Å². The van der Waals surface area contributed by atoms with Gasteiger partial charge in [0.1, 0.15) is 5.75 Å². The van der Waals surface area contributed by atoms with Crippen molar-refractivity contribution in [2.24, 2.45) is 5.92 Å². The van der Waals surface area contributed by atoms with Crippen LogP contribution in [0.4, 0.5) is 0 Å². The van der Waals surface area contributed by atoms with Gasteiger partial charge in [-0.3, -0.25) is 0 Å². The second-order valence-electron chi connectivity index (χ2n) is 6.69. The first-order valence-electron chi connectivity index (χ1n) is 8.47. The number of nitrogens with one attached hydrogen (secondary N) is 1. The number of nitrogens with zero attached hydrogens (tertiary/aromatic N) is 2. The Kier molecular flexibility index (Phi) is 5.16. The van der Waals surface area contributed by atoms with Crippen LogP contribution >= 0.6 is 0 Å². The maximum absolute atomic E-state index is 10.4. The Morgan fingerprint density at radius 2 is 2.17 bits per heavy atom. The molecular formula is C18H25N3O3. The Bertz CT molecular complexity index is 667. The zero-order valence-corrected chi connectivity index (χ0v) is 14.4. The molecule has 2 atom stereocenters. The number of methoxy groups -OCH3 is 1. The first-order valence-corrected chi connectivity index (χ1v) is 8.47. The number of rotatable bonds is 8. The van der Waals surface area contributed by atoms with Crippen LogP contribution in [-0.2, 0) is 0 Å². The molecule has 0 bridgehead atoms. The average molecular weight is 331 g/mol. The fourth-order valence-electron chi connectivity index (χ4n) is 2.69.